The Kier molecular flexibility index (Phi) is 5.91. The van der Waals surface area contributed by atoms with E-state index in [2.05, 4.69) is 0 Å². The lowest BCUT2D eigenvalue weighted by molar-refractivity contribution is -0.142. The van der Waals surface area contributed by atoms with E-state index >= 15 is 0 Å². The molecule has 0 aliphatic carbocycles. The van der Waals surface area contributed by atoms with Crippen LogP contribution in [0.2, 0.25) is 0 Å². The fraction of sp³-hybridized carbons (Fsp3) is 0.520. The highest BCUT2D eigenvalue weighted by atomic mass is 16.5. The van der Waals surface area contributed by atoms with Crippen LogP contribution < -0.4 is 4.90 Å². The lowest BCUT2D eigenvalue weighted by Crippen LogP contribution is -2.43. The summed E-state index contributed by atoms with van der Waals surface area (Å²) in [7, 11) is 0. The van der Waals surface area contributed by atoms with Gasteiger partial charge in [-0.2, -0.15) is 0 Å². The van der Waals surface area contributed by atoms with Crippen LogP contribution in [-0.4, -0.2) is 52.5 Å². The summed E-state index contributed by atoms with van der Waals surface area (Å²) in [6, 6.07) is 10.0. The molecule has 2 amide bonds. The molecule has 2 aromatic rings. The second-order valence-electron chi connectivity index (χ2n) is 9.04. The molecule has 0 radical (unpaired) electrons. The first-order valence-corrected chi connectivity index (χ1v) is 11.7. The lowest BCUT2D eigenvalue weighted by atomic mass is 9.94. The largest absolute Gasteiger partial charge is 0.368 e. The SMILES string of the molecule is Cc1nc(C2CCN(C(=O)[C@H]3CCCO3)CC2)nc2c1CCC(=O)N2Cc1ccccc1. The number of aromatic nitrogens is 2. The van der Waals surface area contributed by atoms with Gasteiger partial charge in [0, 0.05) is 43.3 Å². The number of amides is 2. The second kappa shape index (κ2) is 8.98. The minimum atomic E-state index is -0.258. The maximum Gasteiger partial charge on any atom is 0.251 e. The van der Waals surface area contributed by atoms with E-state index in [4.69, 9.17) is 14.7 Å². The lowest BCUT2D eigenvalue weighted by Gasteiger charge is -2.34. The molecule has 3 aliphatic heterocycles. The molecule has 3 aliphatic rings. The van der Waals surface area contributed by atoms with Crippen LogP contribution in [0, 0.1) is 6.92 Å². The summed E-state index contributed by atoms with van der Waals surface area (Å²) in [5.41, 5.74) is 3.14. The van der Waals surface area contributed by atoms with Crippen LogP contribution in [-0.2, 0) is 27.3 Å². The molecule has 32 heavy (non-hydrogen) atoms. The van der Waals surface area contributed by atoms with Gasteiger partial charge in [-0.25, -0.2) is 9.97 Å². The van der Waals surface area contributed by atoms with E-state index in [9.17, 15) is 9.59 Å². The van der Waals surface area contributed by atoms with Crippen molar-refractivity contribution in [3.05, 3.63) is 53.0 Å². The Hall–Kier alpha value is -2.80. The number of rotatable bonds is 4. The minimum Gasteiger partial charge on any atom is -0.368 e. The summed E-state index contributed by atoms with van der Waals surface area (Å²) in [5.74, 6) is 2.01. The van der Waals surface area contributed by atoms with Gasteiger partial charge in [0.15, 0.2) is 0 Å². The molecule has 4 heterocycles. The third-order valence-electron chi connectivity index (χ3n) is 6.92. The monoisotopic (exact) mass is 434 g/mol. The highest BCUT2D eigenvalue weighted by Gasteiger charge is 2.34. The number of hydrogen-bond donors (Lipinski definition) is 0. The van der Waals surface area contributed by atoms with E-state index in [1.54, 1.807) is 0 Å². The molecule has 168 valence electrons. The van der Waals surface area contributed by atoms with Crippen molar-refractivity contribution in [1.82, 2.24) is 14.9 Å². The van der Waals surface area contributed by atoms with E-state index in [0.717, 1.165) is 54.1 Å². The van der Waals surface area contributed by atoms with Crippen molar-refractivity contribution in [3.8, 4) is 0 Å². The standard InChI is InChI=1S/C25H30N4O3/c1-17-20-9-10-22(30)29(16-18-6-3-2-4-7-18)24(20)27-23(26-17)19-11-13-28(14-12-19)25(31)21-8-5-15-32-21/h2-4,6-7,19,21H,5,8-16H2,1H3/t21-/m1/s1. The van der Waals surface area contributed by atoms with Crippen LogP contribution in [0.5, 0.6) is 0 Å². The number of aryl methyl sites for hydroxylation is 1. The van der Waals surface area contributed by atoms with Crippen LogP contribution in [0.15, 0.2) is 30.3 Å². The summed E-state index contributed by atoms with van der Waals surface area (Å²) in [4.78, 5) is 39.0. The molecule has 1 aromatic carbocycles. The van der Waals surface area contributed by atoms with Gasteiger partial charge in [0.2, 0.25) is 5.91 Å². The molecule has 2 saturated heterocycles. The summed E-state index contributed by atoms with van der Waals surface area (Å²) in [6.45, 7) is 4.64. The fourth-order valence-electron chi connectivity index (χ4n) is 5.05. The first-order chi connectivity index (χ1) is 15.6. The molecule has 0 bridgehead atoms. The molecule has 0 unspecified atom stereocenters. The maximum absolute atomic E-state index is 12.8. The third-order valence-corrected chi connectivity index (χ3v) is 6.92. The van der Waals surface area contributed by atoms with E-state index in [0.29, 0.717) is 39.1 Å². The Balaban J connectivity index is 1.34. The van der Waals surface area contributed by atoms with Crippen LogP contribution >= 0.6 is 0 Å². The van der Waals surface area contributed by atoms with Crippen LogP contribution in [0.3, 0.4) is 0 Å². The van der Waals surface area contributed by atoms with Crippen LogP contribution in [0.25, 0.3) is 0 Å². The van der Waals surface area contributed by atoms with E-state index in [1.807, 2.05) is 47.1 Å². The molecular formula is C25H30N4O3. The van der Waals surface area contributed by atoms with Gasteiger partial charge in [0.1, 0.15) is 17.7 Å². The van der Waals surface area contributed by atoms with E-state index in [1.165, 1.54) is 0 Å². The third kappa shape index (κ3) is 4.13. The predicted molar refractivity (Wildman–Crippen MR) is 120 cm³/mol. The fourth-order valence-corrected chi connectivity index (χ4v) is 5.05. The summed E-state index contributed by atoms with van der Waals surface area (Å²) in [5, 5.41) is 0. The minimum absolute atomic E-state index is 0.113. The van der Waals surface area contributed by atoms with Gasteiger partial charge in [0.25, 0.3) is 5.91 Å². The molecule has 1 atom stereocenters. The molecule has 0 spiro atoms. The number of nitrogens with zero attached hydrogens (tertiary/aromatic N) is 4. The summed E-state index contributed by atoms with van der Waals surface area (Å²) >= 11 is 0. The zero-order chi connectivity index (χ0) is 22.1. The van der Waals surface area contributed by atoms with Gasteiger partial charge >= 0.3 is 0 Å². The van der Waals surface area contributed by atoms with Crippen molar-refractivity contribution >= 4 is 17.6 Å². The number of likely N-dealkylation sites (tertiary alicyclic amines) is 1. The number of carbonyl (C=O) groups is 2. The first-order valence-electron chi connectivity index (χ1n) is 11.7. The Bertz CT molecular complexity index is 996. The number of ether oxygens (including phenoxy) is 1. The normalized spacial score (nSPS) is 21.7. The molecular weight excluding hydrogens is 404 g/mol. The Morgan fingerprint density at radius 1 is 1.09 bits per heavy atom. The molecule has 1 aromatic heterocycles. The average molecular weight is 435 g/mol. The van der Waals surface area contributed by atoms with Crippen molar-refractivity contribution in [2.45, 2.75) is 64.0 Å². The number of anilines is 1. The maximum atomic E-state index is 12.8. The molecule has 7 heteroatoms. The van der Waals surface area contributed by atoms with Gasteiger partial charge in [-0.3, -0.25) is 14.5 Å². The number of benzene rings is 1. The Morgan fingerprint density at radius 3 is 2.59 bits per heavy atom. The highest BCUT2D eigenvalue weighted by Crippen LogP contribution is 2.33. The topological polar surface area (TPSA) is 75.6 Å². The van der Waals surface area contributed by atoms with Crippen LogP contribution in [0.1, 0.15) is 60.7 Å². The van der Waals surface area contributed by atoms with Gasteiger partial charge in [-0.15, -0.1) is 0 Å². The predicted octanol–water partition coefficient (Wildman–Crippen LogP) is 3.15. The highest BCUT2D eigenvalue weighted by molar-refractivity contribution is 5.95. The zero-order valence-electron chi connectivity index (χ0n) is 18.6. The van der Waals surface area contributed by atoms with Crippen molar-refractivity contribution < 1.29 is 14.3 Å². The van der Waals surface area contributed by atoms with Crippen molar-refractivity contribution in [2.75, 3.05) is 24.6 Å². The van der Waals surface area contributed by atoms with Gasteiger partial charge in [0.05, 0.1) is 6.54 Å². The smallest absolute Gasteiger partial charge is 0.251 e. The van der Waals surface area contributed by atoms with Crippen molar-refractivity contribution in [2.24, 2.45) is 0 Å². The zero-order valence-corrected chi connectivity index (χ0v) is 18.6. The molecule has 0 saturated carbocycles. The van der Waals surface area contributed by atoms with Gasteiger partial charge < -0.3 is 9.64 Å². The Labute approximate surface area is 188 Å². The quantitative estimate of drug-likeness (QED) is 0.739. The molecule has 7 nitrogen and oxygen atoms in total. The number of hydrogen-bond acceptors (Lipinski definition) is 5. The summed E-state index contributed by atoms with van der Waals surface area (Å²) in [6.07, 6.45) is 4.40. The number of carbonyl (C=O) groups excluding carboxylic acids is 2. The molecule has 0 N–H and O–H groups in total. The van der Waals surface area contributed by atoms with E-state index in [-0.39, 0.29) is 23.8 Å². The second-order valence-corrected chi connectivity index (χ2v) is 9.04. The van der Waals surface area contributed by atoms with E-state index < -0.39 is 0 Å². The first kappa shape index (κ1) is 21.1. The van der Waals surface area contributed by atoms with Crippen molar-refractivity contribution in [3.63, 3.8) is 0 Å². The van der Waals surface area contributed by atoms with Gasteiger partial charge in [-0.1, -0.05) is 30.3 Å². The van der Waals surface area contributed by atoms with Crippen LogP contribution in [0.4, 0.5) is 5.82 Å². The summed E-state index contributed by atoms with van der Waals surface area (Å²) < 4.78 is 5.57. The average Bonchev–Trinajstić information content (AvgIpc) is 3.36. The van der Waals surface area contributed by atoms with Gasteiger partial charge in [-0.05, 0) is 44.6 Å². The van der Waals surface area contributed by atoms with Crippen molar-refractivity contribution in [1.29, 1.82) is 0 Å². The Morgan fingerprint density at radius 2 is 1.88 bits per heavy atom. The molecule has 2 fully saturated rings. The molecule has 5 rings (SSSR count). The number of piperidine rings is 1. The number of fused-ring (bicyclic) bond motifs is 1.